The van der Waals surface area contributed by atoms with E-state index in [1.54, 1.807) is 4.90 Å². The van der Waals surface area contributed by atoms with Gasteiger partial charge in [-0.15, -0.1) is 0 Å². The van der Waals surface area contributed by atoms with Crippen LogP contribution < -0.4 is 4.74 Å². The van der Waals surface area contributed by atoms with Crippen LogP contribution in [0.15, 0.2) is 28.8 Å². The molecule has 2 heterocycles. The van der Waals surface area contributed by atoms with Crippen molar-refractivity contribution in [2.75, 3.05) is 13.1 Å². The maximum Gasteiger partial charge on any atom is 0.471 e. The number of aromatic nitrogens is 2. The Bertz CT molecular complexity index is 743. The standard InChI is InChI=1S/C16H16F3N3O3/c1-10-3-2-8-22(9-10)15(23)24-12-6-4-11(5-7-12)13-20-14(25-21-13)16(17,18)19/h4-7,10H,2-3,8-9H2,1H3. The first kappa shape index (κ1) is 17.2. The lowest BCUT2D eigenvalue weighted by Crippen LogP contribution is -2.40. The molecule has 9 heteroatoms. The molecule has 1 aliphatic heterocycles. The monoisotopic (exact) mass is 355 g/mol. The van der Waals surface area contributed by atoms with Crippen LogP contribution >= 0.6 is 0 Å². The zero-order chi connectivity index (χ0) is 18.0. The fourth-order valence-corrected chi connectivity index (χ4v) is 2.65. The third kappa shape index (κ3) is 4.09. The molecule has 0 saturated carbocycles. The van der Waals surface area contributed by atoms with Crippen molar-refractivity contribution in [2.24, 2.45) is 5.92 Å². The van der Waals surface area contributed by atoms with E-state index in [-0.39, 0.29) is 5.82 Å². The summed E-state index contributed by atoms with van der Waals surface area (Å²) in [6, 6.07) is 5.88. The zero-order valence-electron chi connectivity index (χ0n) is 13.4. The van der Waals surface area contributed by atoms with E-state index in [1.807, 2.05) is 0 Å². The molecule has 1 aromatic carbocycles. The summed E-state index contributed by atoms with van der Waals surface area (Å²) in [6.45, 7) is 3.39. The van der Waals surface area contributed by atoms with E-state index in [1.165, 1.54) is 24.3 Å². The maximum atomic E-state index is 12.5. The van der Waals surface area contributed by atoms with Crippen LogP contribution in [0, 0.1) is 5.92 Å². The summed E-state index contributed by atoms with van der Waals surface area (Å²) in [7, 11) is 0. The number of carbonyl (C=O) groups excluding carboxylic acids is 1. The first-order valence-corrected chi connectivity index (χ1v) is 7.81. The molecule has 0 spiro atoms. The summed E-state index contributed by atoms with van der Waals surface area (Å²) in [5.74, 6) is -0.858. The topological polar surface area (TPSA) is 68.5 Å². The minimum absolute atomic E-state index is 0.185. The average molecular weight is 355 g/mol. The number of benzene rings is 1. The number of halogens is 3. The highest BCUT2D eigenvalue weighted by Gasteiger charge is 2.38. The predicted molar refractivity (Wildman–Crippen MR) is 80.7 cm³/mol. The Hall–Kier alpha value is -2.58. The molecule has 1 aliphatic rings. The second kappa shape index (κ2) is 6.73. The lowest BCUT2D eigenvalue weighted by Gasteiger charge is -2.29. The molecule has 0 bridgehead atoms. The zero-order valence-corrected chi connectivity index (χ0v) is 13.4. The van der Waals surface area contributed by atoms with Gasteiger partial charge in [0.15, 0.2) is 0 Å². The van der Waals surface area contributed by atoms with Crippen LogP contribution in [0.5, 0.6) is 5.75 Å². The van der Waals surface area contributed by atoms with Gasteiger partial charge in [0.05, 0.1) is 0 Å². The SMILES string of the molecule is CC1CCCN(C(=O)Oc2ccc(-c3noc(C(F)(F)F)n3)cc2)C1. The summed E-state index contributed by atoms with van der Waals surface area (Å²) in [5.41, 5.74) is 0.325. The van der Waals surface area contributed by atoms with Crippen molar-refractivity contribution in [1.29, 1.82) is 0 Å². The number of ether oxygens (including phenoxy) is 1. The lowest BCUT2D eigenvalue weighted by molar-refractivity contribution is -0.159. The first-order valence-electron chi connectivity index (χ1n) is 7.81. The Labute approximate surface area is 141 Å². The van der Waals surface area contributed by atoms with Crippen molar-refractivity contribution >= 4 is 6.09 Å². The molecule has 25 heavy (non-hydrogen) atoms. The van der Waals surface area contributed by atoms with Gasteiger partial charge in [-0.05, 0) is 43.0 Å². The fourth-order valence-electron chi connectivity index (χ4n) is 2.65. The highest BCUT2D eigenvalue weighted by molar-refractivity contribution is 5.71. The van der Waals surface area contributed by atoms with Crippen LogP contribution in [-0.4, -0.2) is 34.2 Å². The molecule has 0 N–H and O–H groups in total. The van der Waals surface area contributed by atoms with E-state index in [0.717, 1.165) is 12.8 Å². The Balaban J connectivity index is 1.66. The molecule has 1 saturated heterocycles. The van der Waals surface area contributed by atoms with Crippen LogP contribution in [0.1, 0.15) is 25.7 Å². The second-order valence-electron chi connectivity index (χ2n) is 6.01. The van der Waals surface area contributed by atoms with Crippen LogP contribution in [0.3, 0.4) is 0 Å². The number of hydrogen-bond acceptors (Lipinski definition) is 5. The number of rotatable bonds is 2. The Morgan fingerprint density at radius 3 is 2.64 bits per heavy atom. The van der Waals surface area contributed by atoms with E-state index >= 15 is 0 Å². The summed E-state index contributed by atoms with van der Waals surface area (Å²) >= 11 is 0. The Morgan fingerprint density at radius 1 is 1.32 bits per heavy atom. The molecule has 6 nitrogen and oxygen atoms in total. The molecular formula is C16H16F3N3O3. The number of likely N-dealkylation sites (tertiary alicyclic amines) is 1. The van der Waals surface area contributed by atoms with Gasteiger partial charge >= 0.3 is 18.2 Å². The van der Waals surface area contributed by atoms with Crippen LogP contribution in [-0.2, 0) is 6.18 Å². The summed E-state index contributed by atoms with van der Waals surface area (Å²) < 4.78 is 46.9. The number of carbonyl (C=O) groups is 1. The van der Waals surface area contributed by atoms with Gasteiger partial charge in [0.1, 0.15) is 5.75 Å². The highest BCUT2D eigenvalue weighted by atomic mass is 19.4. The van der Waals surface area contributed by atoms with Crippen LogP contribution in [0.25, 0.3) is 11.4 Å². The molecular weight excluding hydrogens is 339 g/mol. The quantitative estimate of drug-likeness (QED) is 0.815. The molecule has 134 valence electrons. The molecule has 1 atom stereocenters. The molecule has 0 aliphatic carbocycles. The van der Waals surface area contributed by atoms with E-state index in [4.69, 9.17) is 4.74 Å². The van der Waals surface area contributed by atoms with Crippen LogP contribution in [0.4, 0.5) is 18.0 Å². The number of amides is 1. The van der Waals surface area contributed by atoms with Gasteiger partial charge in [0.2, 0.25) is 5.82 Å². The van der Waals surface area contributed by atoms with Crippen molar-refractivity contribution < 1.29 is 27.2 Å². The molecule has 3 rings (SSSR count). The van der Waals surface area contributed by atoms with Crippen molar-refractivity contribution in [3.05, 3.63) is 30.2 Å². The smallest absolute Gasteiger partial charge is 0.410 e. The van der Waals surface area contributed by atoms with Crippen molar-refractivity contribution in [1.82, 2.24) is 15.0 Å². The molecule has 1 unspecified atom stereocenters. The minimum Gasteiger partial charge on any atom is -0.410 e. The largest absolute Gasteiger partial charge is 0.471 e. The third-order valence-corrected chi connectivity index (χ3v) is 3.90. The first-order chi connectivity index (χ1) is 11.8. The van der Waals surface area contributed by atoms with Gasteiger partial charge in [-0.3, -0.25) is 0 Å². The number of hydrogen-bond donors (Lipinski definition) is 0. The molecule has 1 fully saturated rings. The van der Waals surface area contributed by atoms with E-state index in [2.05, 4.69) is 21.6 Å². The summed E-state index contributed by atoms with van der Waals surface area (Å²) in [5, 5.41) is 3.30. The van der Waals surface area contributed by atoms with Gasteiger partial charge in [-0.2, -0.15) is 18.2 Å². The van der Waals surface area contributed by atoms with Gasteiger partial charge < -0.3 is 14.2 Å². The average Bonchev–Trinajstić information content (AvgIpc) is 3.06. The van der Waals surface area contributed by atoms with Gasteiger partial charge in [0.25, 0.3) is 0 Å². The third-order valence-electron chi connectivity index (χ3n) is 3.90. The molecule has 1 aromatic heterocycles. The lowest BCUT2D eigenvalue weighted by atomic mass is 10.0. The van der Waals surface area contributed by atoms with E-state index in [9.17, 15) is 18.0 Å². The van der Waals surface area contributed by atoms with Crippen molar-refractivity contribution in [3.8, 4) is 17.1 Å². The van der Waals surface area contributed by atoms with Gasteiger partial charge in [-0.1, -0.05) is 12.1 Å². The van der Waals surface area contributed by atoms with E-state index in [0.29, 0.717) is 30.3 Å². The van der Waals surface area contributed by atoms with Crippen molar-refractivity contribution in [3.63, 3.8) is 0 Å². The number of alkyl halides is 3. The molecule has 0 radical (unpaired) electrons. The van der Waals surface area contributed by atoms with Crippen LogP contribution in [0.2, 0.25) is 0 Å². The minimum atomic E-state index is -4.69. The van der Waals surface area contributed by atoms with Gasteiger partial charge in [-0.25, -0.2) is 4.79 Å². The molecule has 2 aromatic rings. The normalized spacial score (nSPS) is 18.2. The van der Waals surface area contributed by atoms with Gasteiger partial charge in [0, 0.05) is 18.7 Å². The number of nitrogens with zero attached hydrogens (tertiary/aromatic N) is 3. The Morgan fingerprint density at radius 2 is 2.04 bits per heavy atom. The highest BCUT2D eigenvalue weighted by Crippen LogP contribution is 2.29. The summed E-state index contributed by atoms with van der Waals surface area (Å²) in [4.78, 5) is 17.1. The van der Waals surface area contributed by atoms with E-state index < -0.39 is 18.2 Å². The Kier molecular flexibility index (Phi) is 4.65. The summed E-state index contributed by atoms with van der Waals surface area (Å²) in [6.07, 6.45) is -3.09. The predicted octanol–water partition coefficient (Wildman–Crippen LogP) is 3.99. The van der Waals surface area contributed by atoms with Crippen molar-refractivity contribution in [2.45, 2.75) is 25.9 Å². The maximum absolute atomic E-state index is 12.5. The molecule has 1 amide bonds. The second-order valence-corrected chi connectivity index (χ2v) is 6.01. The fraction of sp³-hybridized carbons (Fsp3) is 0.438. The number of piperidine rings is 1.